The molecule has 0 aliphatic carbocycles. The van der Waals surface area contributed by atoms with E-state index in [1.165, 1.54) is 6.20 Å². The number of ether oxygens (including phenoxy) is 3. The average Bonchev–Trinajstić information content (AvgIpc) is 3.29. The molecule has 2 N–H and O–H groups in total. The smallest absolute Gasteiger partial charge is 0.412 e. The van der Waals surface area contributed by atoms with Crippen LogP contribution in [0.3, 0.4) is 0 Å². The van der Waals surface area contributed by atoms with Crippen LogP contribution in [-0.4, -0.2) is 42.9 Å². The van der Waals surface area contributed by atoms with Gasteiger partial charge in [0.25, 0.3) is 5.91 Å². The topological polar surface area (TPSA) is 98.8 Å². The molecule has 2 aromatic heterocycles. The lowest BCUT2D eigenvalue weighted by Crippen LogP contribution is -2.27. The first-order valence-electron chi connectivity index (χ1n) is 10.3. The molecule has 0 aliphatic heterocycles. The normalized spacial score (nSPS) is 11.0. The maximum Gasteiger partial charge on any atom is 0.412 e. The molecule has 33 heavy (non-hydrogen) atoms. The fourth-order valence-electron chi connectivity index (χ4n) is 2.80. The Kier molecular flexibility index (Phi) is 8.02. The Morgan fingerprint density at radius 2 is 1.85 bits per heavy atom. The van der Waals surface area contributed by atoms with Gasteiger partial charge in [-0.3, -0.25) is 10.1 Å². The molecule has 2 heterocycles. The highest BCUT2D eigenvalue weighted by Gasteiger charge is 2.19. The summed E-state index contributed by atoms with van der Waals surface area (Å²) < 4.78 is 15.8. The number of aromatic nitrogens is 1. The first kappa shape index (κ1) is 24.2. The molecule has 0 fully saturated rings. The lowest BCUT2D eigenvalue weighted by atomic mass is 10.1. The maximum atomic E-state index is 12.9. The molecule has 2 amide bonds. The maximum absolute atomic E-state index is 12.9. The van der Waals surface area contributed by atoms with E-state index >= 15 is 0 Å². The lowest BCUT2D eigenvalue weighted by Gasteiger charge is -2.21. The van der Waals surface area contributed by atoms with Crippen LogP contribution in [0.5, 0.6) is 5.75 Å². The molecule has 9 heteroatoms. The summed E-state index contributed by atoms with van der Waals surface area (Å²) in [6, 6.07) is 12.6. The molecule has 0 unspecified atom stereocenters. The van der Waals surface area contributed by atoms with Crippen LogP contribution in [0.1, 0.15) is 31.3 Å². The van der Waals surface area contributed by atoms with Gasteiger partial charge in [0, 0.05) is 12.0 Å². The minimum atomic E-state index is -0.651. The summed E-state index contributed by atoms with van der Waals surface area (Å²) in [5, 5.41) is 7.52. The largest absolute Gasteiger partial charge is 0.490 e. The van der Waals surface area contributed by atoms with Crippen LogP contribution >= 0.6 is 11.3 Å². The summed E-state index contributed by atoms with van der Waals surface area (Å²) >= 11 is 1.58. The van der Waals surface area contributed by atoms with Crippen molar-refractivity contribution in [3.63, 3.8) is 0 Å². The molecule has 3 rings (SSSR count). The van der Waals surface area contributed by atoms with Crippen LogP contribution in [0.2, 0.25) is 0 Å². The summed E-state index contributed by atoms with van der Waals surface area (Å²) in [5.41, 5.74) is 1.31. The Hall–Kier alpha value is -3.43. The Labute approximate surface area is 196 Å². The third kappa shape index (κ3) is 7.30. The molecule has 0 saturated heterocycles. The minimum Gasteiger partial charge on any atom is -0.490 e. The van der Waals surface area contributed by atoms with E-state index in [0.717, 1.165) is 10.4 Å². The number of nitrogens with one attached hydrogen (secondary N) is 2. The van der Waals surface area contributed by atoms with Gasteiger partial charge in [-0.1, -0.05) is 12.1 Å². The number of pyridine rings is 1. The van der Waals surface area contributed by atoms with Crippen molar-refractivity contribution in [3.8, 4) is 16.2 Å². The Morgan fingerprint density at radius 1 is 1.03 bits per heavy atom. The van der Waals surface area contributed by atoms with Crippen molar-refractivity contribution in [2.24, 2.45) is 0 Å². The number of nitrogens with zero attached hydrogens (tertiary/aromatic N) is 1. The molecule has 0 saturated carbocycles. The zero-order valence-electron chi connectivity index (χ0n) is 19.0. The van der Waals surface area contributed by atoms with Crippen molar-refractivity contribution < 1.29 is 23.8 Å². The van der Waals surface area contributed by atoms with Gasteiger partial charge in [0.1, 0.15) is 23.7 Å². The summed E-state index contributed by atoms with van der Waals surface area (Å²) in [6.45, 7) is 6.19. The molecule has 0 bridgehead atoms. The summed E-state index contributed by atoms with van der Waals surface area (Å²) in [4.78, 5) is 30.4. The zero-order chi connectivity index (χ0) is 23.8. The summed E-state index contributed by atoms with van der Waals surface area (Å²) in [6.07, 6.45) is 0.865. The van der Waals surface area contributed by atoms with E-state index in [9.17, 15) is 9.59 Å². The van der Waals surface area contributed by atoms with Gasteiger partial charge in [0.15, 0.2) is 0 Å². The fourth-order valence-corrected chi connectivity index (χ4v) is 3.52. The first-order chi connectivity index (χ1) is 15.7. The predicted molar refractivity (Wildman–Crippen MR) is 129 cm³/mol. The third-order valence-electron chi connectivity index (χ3n) is 4.23. The SMILES string of the molecule is COCCOc1ccc(C(=O)Nc2cc(-c3cccs3)ccc2NC(=O)OC(C)(C)C)nc1. The first-order valence-corrected chi connectivity index (χ1v) is 11.2. The number of thiophene rings is 1. The second-order valence-electron chi connectivity index (χ2n) is 8.04. The Balaban J connectivity index is 1.80. The van der Waals surface area contributed by atoms with Crippen molar-refractivity contribution >= 4 is 34.7 Å². The molecule has 0 radical (unpaired) electrons. The van der Waals surface area contributed by atoms with E-state index in [4.69, 9.17) is 14.2 Å². The number of methoxy groups -OCH3 is 1. The molecular formula is C24H27N3O5S. The highest BCUT2D eigenvalue weighted by atomic mass is 32.1. The monoisotopic (exact) mass is 469 g/mol. The van der Waals surface area contributed by atoms with E-state index < -0.39 is 17.6 Å². The number of rotatable bonds is 8. The number of anilines is 2. The van der Waals surface area contributed by atoms with E-state index in [2.05, 4.69) is 15.6 Å². The van der Waals surface area contributed by atoms with E-state index in [0.29, 0.717) is 30.3 Å². The number of amides is 2. The fraction of sp³-hybridized carbons (Fsp3) is 0.292. The second-order valence-corrected chi connectivity index (χ2v) is 8.99. The average molecular weight is 470 g/mol. The molecular weight excluding hydrogens is 442 g/mol. The standard InChI is InChI=1S/C24H27N3O5S/c1-24(2,3)32-23(29)27-18-9-7-16(21-6-5-13-33-21)14-20(18)26-22(28)19-10-8-17(15-25-19)31-12-11-30-4/h5-10,13-15H,11-12H2,1-4H3,(H,26,28)(H,27,29). The Bertz CT molecular complexity index is 1080. The summed E-state index contributed by atoms with van der Waals surface area (Å²) in [5.74, 6) is 0.115. The number of carbonyl (C=O) groups excluding carboxylic acids is 2. The van der Waals surface area contributed by atoms with Crippen LogP contribution < -0.4 is 15.4 Å². The van der Waals surface area contributed by atoms with E-state index in [1.54, 1.807) is 63.5 Å². The molecule has 1 aromatic carbocycles. The van der Waals surface area contributed by atoms with Crippen LogP contribution in [-0.2, 0) is 9.47 Å². The molecule has 0 atom stereocenters. The van der Waals surface area contributed by atoms with E-state index in [1.807, 2.05) is 23.6 Å². The summed E-state index contributed by atoms with van der Waals surface area (Å²) in [7, 11) is 1.59. The molecule has 174 valence electrons. The highest BCUT2D eigenvalue weighted by molar-refractivity contribution is 7.13. The van der Waals surface area contributed by atoms with Crippen molar-refractivity contribution in [1.29, 1.82) is 0 Å². The Morgan fingerprint density at radius 3 is 2.48 bits per heavy atom. The van der Waals surface area contributed by atoms with Crippen molar-refractivity contribution in [3.05, 3.63) is 59.7 Å². The molecule has 3 aromatic rings. The van der Waals surface area contributed by atoms with Crippen molar-refractivity contribution in [2.75, 3.05) is 31.0 Å². The van der Waals surface area contributed by atoms with Gasteiger partial charge in [-0.05, 0) is 62.0 Å². The number of benzene rings is 1. The zero-order valence-corrected chi connectivity index (χ0v) is 19.8. The van der Waals surface area contributed by atoms with Gasteiger partial charge in [0.2, 0.25) is 0 Å². The third-order valence-corrected chi connectivity index (χ3v) is 5.15. The van der Waals surface area contributed by atoms with Gasteiger partial charge >= 0.3 is 6.09 Å². The van der Waals surface area contributed by atoms with Gasteiger partial charge < -0.3 is 19.5 Å². The number of hydrogen-bond acceptors (Lipinski definition) is 7. The van der Waals surface area contributed by atoms with Gasteiger partial charge in [-0.15, -0.1) is 11.3 Å². The van der Waals surface area contributed by atoms with Crippen molar-refractivity contribution in [1.82, 2.24) is 4.98 Å². The van der Waals surface area contributed by atoms with Crippen LogP contribution in [0.15, 0.2) is 54.0 Å². The van der Waals surface area contributed by atoms with Crippen LogP contribution in [0, 0.1) is 0 Å². The molecule has 8 nitrogen and oxygen atoms in total. The van der Waals surface area contributed by atoms with Gasteiger partial charge in [-0.2, -0.15) is 0 Å². The second kappa shape index (κ2) is 10.9. The molecule has 0 spiro atoms. The van der Waals surface area contributed by atoms with Crippen LogP contribution in [0.25, 0.3) is 10.4 Å². The quantitative estimate of drug-likeness (QED) is 0.427. The number of carbonyl (C=O) groups is 2. The van der Waals surface area contributed by atoms with Crippen LogP contribution in [0.4, 0.5) is 16.2 Å². The molecule has 0 aliphatic rings. The van der Waals surface area contributed by atoms with E-state index in [-0.39, 0.29) is 5.69 Å². The predicted octanol–water partition coefficient (Wildman–Crippen LogP) is 5.43. The van der Waals surface area contributed by atoms with Gasteiger partial charge in [0.05, 0.1) is 24.2 Å². The minimum absolute atomic E-state index is 0.207. The van der Waals surface area contributed by atoms with Gasteiger partial charge in [-0.25, -0.2) is 9.78 Å². The highest BCUT2D eigenvalue weighted by Crippen LogP contribution is 2.32. The van der Waals surface area contributed by atoms with Crippen molar-refractivity contribution in [2.45, 2.75) is 26.4 Å². The lowest BCUT2D eigenvalue weighted by molar-refractivity contribution is 0.0635. The number of hydrogen-bond donors (Lipinski definition) is 2.